The third-order valence-electron chi connectivity index (χ3n) is 1.33. The van der Waals surface area contributed by atoms with Crippen LogP contribution >= 0.6 is 0 Å². The molecule has 0 heterocycles. The summed E-state index contributed by atoms with van der Waals surface area (Å²) in [5, 5.41) is 8.50. The van der Waals surface area contributed by atoms with E-state index in [2.05, 4.69) is 12.8 Å². The third kappa shape index (κ3) is 1.76. The van der Waals surface area contributed by atoms with Crippen molar-refractivity contribution in [2.24, 2.45) is 0 Å². The number of rotatable bonds is 2. The van der Waals surface area contributed by atoms with Gasteiger partial charge in [0.1, 0.15) is 0 Å². The molecule has 0 radical (unpaired) electrons. The van der Waals surface area contributed by atoms with Crippen molar-refractivity contribution in [3.63, 3.8) is 0 Å². The van der Waals surface area contributed by atoms with Crippen LogP contribution in [0.3, 0.4) is 0 Å². The second kappa shape index (κ2) is 3.27. The fraction of sp³-hybridized carbons (Fsp3) is 0. The largest absolute Gasteiger partial charge is 0.478 e. The molecule has 0 saturated carbocycles. The highest BCUT2D eigenvalue weighted by molar-refractivity contribution is 7.51. The van der Waals surface area contributed by atoms with Gasteiger partial charge < -0.3 is 17.9 Å². The zero-order chi connectivity index (χ0) is 9.14. The standard InChI is InChI=1S/C7H5NO3S/c9-7(10)5-1-3-6(4-2-5)8(11)12/h1-4H,(H,9,10). The van der Waals surface area contributed by atoms with Crippen molar-refractivity contribution in [2.45, 2.75) is 0 Å². The van der Waals surface area contributed by atoms with Gasteiger partial charge in [-0.3, -0.25) is 0 Å². The van der Waals surface area contributed by atoms with E-state index in [0.29, 0.717) is 0 Å². The molecule has 1 aromatic carbocycles. The molecule has 0 fully saturated rings. The molecule has 0 aromatic heterocycles. The van der Waals surface area contributed by atoms with Crippen LogP contribution in [0.4, 0.5) is 5.69 Å². The van der Waals surface area contributed by atoms with Gasteiger partial charge in [-0.15, -0.1) is 0 Å². The van der Waals surface area contributed by atoms with Crippen molar-refractivity contribution in [2.75, 3.05) is 0 Å². The normalized spacial score (nSPS) is 9.33. The number of hydrogen-bond donors (Lipinski definition) is 1. The van der Waals surface area contributed by atoms with Gasteiger partial charge in [0.2, 0.25) is 5.69 Å². The number of nitrogens with zero attached hydrogens (tertiary/aromatic N) is 1. The van der Waals surface area contributed by atoms with Crippen LogP contribution in [-0.4, -0.2) is 15.2 Å². The maximum atomic E-state index is 10.5. The van der Waals surface area contributed by atoms with Gasteiger partial charge in [-0.2, -0.15) is 0 Å². The van der Waals surface area contributed by atoms with E-state index < -0.39 is 5.97 Å². The second-order valence-corrected chi connectivity index (χ2v) is 2.44. The Morgan fingerprint density at radius 3 is 2.17 bits per heavy atom. The van der Waals surface area contributed by atoms with Crippen LogP contribution in [0.2, 0.25) is 0 Å². The van der Waals surface area contributed by atoms with E-state index in [1.54, 1.807) is 0 Å². The molecule has 4 nitrogen and oxygen atoms in total. The van der Waals surface area contributed by atoms with Gasteiger partial charge in [0.15, 0.2) is 0 Å². The number of carboxylic acids is 1. The van der Waals surface area contributed by atoms with Gasteiger partial charge in [-0.25, -0.2) is 4.79 Å². The molecule has 0 aliphatic rings. The molecule has 12 heavy (non-hydrogen) atoms. The lowest BCUT2D eigenvalue weighted by molar-refractivity contribution is -0.262. The first-order valence-corrected chi connectivity index (χ1v) is 3.45. The molecule has 1 aromatic rings. The molecule has 1 rings (SSSR count). The number of carbonyl (C=O) groups is 1. The summed E-state index contributed by atoms with van der Waals surface area (Å²) in [7, 11) is 0. The van der Waals surface area contributed by atoms with Crippen molar-refractivity contribution in [1.82, 2.24) is 0 Å². The average Bonchev–Trinajstić information content (AvgIpc) is 2.04. The third-order valence-corrected chi connectivity index (χ3v) is 1.54. The van der Waals surface area contributed by atoms with Crippen molar-refractivity contribution >= 4 is 24.5 Å². The maximum absolute atomic E-state index is 10.5. The van der Waals surface area contributed by atoms with Crippen LogP contribution in [-0.2, 0) is 12.8 Å². The lowest BCUT2D eigenvalue weighted by Gasteiger charge is -1.94. The number of carboxylic acid groups (broad SMARTS) is 1. The van der Waals surface area contributed by atoms with Crippen molar-refractivity contribution in [1.29, 1.82) is 0 Å². The average molecular weight is 183 g/mol. The smallest absolute Gasteiger partial charge is 0.335 e. The SMILES string of the molecule is O=C(O)c1ccc([N+](=O)[S-])cc1. The van der Waals surface area contributed by atoms with E-state index in [-0.39, 0.29) is 15.4 Å². The predicted octanol–water partition coefficient (Wildman–Crippen LogP) is 1.26. The number of nitroso groups, excluding NO2 is 1. The highest BCUT2D eigenvalue weighted by Gasteiger charge is 2.04. The van der Waals surface area contributed by atoms with Crippen LogP contribution in [0.5, 0.6) is 0 Å². The zero-order valence-electron chi connectivity index (χ0n) is 5.93. The first-order valence-electron chi connectivity index (χ1n) is 3.09. The topological polar surface area (TPSA) is 57.4 Å². The lowest BCUT2D eigenvalue weighted by atomic mass is 10.2. The van der Waals surface area contributed by atoms with E-state index >= 15 is 0 Å². The van der Waals surface area contributed by atoms with Gasteiger partial charge in [-0.05, 0) is 12.1 Å². The summed E-state index contributed by atoms with van der Waals surface area (Å²) in [6.45, 7) is 0. The molecule has 0 unspecified atom stereocenters. The molecule has 0 spiro atoms. The van der Waals surface area contributed by atoms with Gasteiger partial charge in [0.25, 0.3) is 0 Å². The molecule has 0 amide bonds. The quantitative estimate of drug-likeness (QED) is 0.554. The molecule has 0 aliphatic carbocycles. The first-order chi connectivity index (χ1) is 5.61. The molecule has 5 heteroatoms. The Morgan fingerprint density at radius 2 is 1.83 bits per heavy atom. The summed E-state index contributed by atoms with van der Waals surface area (Å²) >= 11 is 4.28. The molecule has 0 atom stereocenters. The Hall–Kier alpha value is -1.49. The fourth-order valence-corrected chi connectivity index (χ4v) is 0.847. The summed E-state index contributed by atoms with van der Waals surface area (Å²) in [6.07, 6.45) is 0. The van der Waals surface area contributed by atoms with Gasteiger partial charge >= 0.3 is 5.97 Å². The van der Waals surface area contributed by atoms with Gasteiger partial charge in [0, 0.05) is 17.0 Å². The van der Waals surface area contributed by atoms with E-state index in [1.807, 2.05) is 0 Å². The summed E-state index contributed by atoms with van der Waals surface area (Å²) in [4.78, 5) is 20.9. The molecule has 0 aliphatic heterocycles. The molecule has 1 N–H and O–H groups in total. The van der Waals surface area contributed by atoms with Gasteiger partial charge in [-0.1, -0.05) is 4.17 Å². The minimum absolute atomic E-state index is 0.135. The number of aromatic carboxylic acids is 1. The van der Waals surface area contributed by atoms with Crippen LogP contribution in [0.1, 0.15) is 10.4 Å². The second-order valence-electron chi connectivity index (χ2n) is 2.11. The molecule has 0 bridgehead atoms. The Bertz CT molecular complexity index is 287. The molecule has 62 valence electrons. The van der Waals surface area contributed by atoms with E-state index in [4.69, 9.17) is 5.11 Å². The zero-order valence-corrected chi connectivity index (χ0v) is 6.75. The van der Waals surface area contributed by atoms with Crippen molar-refractivity contribution < 1.29 is 14.1 Å². The Labute approximate surface area is 73.9 Å². The molecular formula is C7H5NO3S. The van der Waals surface area contributed by atoms with E-state index in [9.17, 15) is 9.70 Å². The summed E-state index contributed by atoms with van der Waals surface area (Å²) in [5.41, 5.74) is 0.394. The minimum Gasteiger partial charge on any atom is -0.478 e. The summed E-state index contributed by atoms with van der Waals surface area (Å²) in [6, 6.07) is 5.39. The maximum Gasteiger partial charge on any atom is 0.335 e. The highest BCUT2D eigenvalue weighted by atomic mass is 32.1. The summed E-state index contributed by atoms with van der Waals surface area (Å²) in [5.74, 6) is -1.02. The van der Waals surface area contributed by atoms with Gasteiger partial charge in [0.05, 0.1) is 5.56 Å². The Morgan fingerprint density at radius 1 is 1.33 bits per heavy atom. The van der Waals surface area contributed by atoms with E-state index in [0.717, 1.165) is 0 Å². The van der Waals surface area contributed by atoms with Crippen LogP contribution < -0.4 is 0 Å². The molecular weight excluding hydrogens is 178 g/mol. The fourth-order valence-electron chi connectivity index (χ4n) is 0.726. The monoisotopic (exact) mass is 183 g/mol. The summed E-state index contributed by atoms with van der Waals surface area (Å²) < 4.78 is 0.256. The highest BCUT2D eigenvalue weighted by Crippen LogP contribution is 2.11. The van der Waals surface area contributed by atoms with Crippen LogP contribution in [0, 0.1) is 4.91 Å². The van der Waals surface area contributed by atoms with Crippen molar-refractivity contribution in [3.8, 4) is 0 Å². The lowest BCUT2D eigenvalue weighted by Crippen LogP contribution is -1.96. The Kier molecular flexibility index (Phi) is 2.35. The first kappa shape index (κ1) is 8.61. The van der Waals surface area contributed by atoms with Crippen molar-refractivity contribution in [3.05, 3.63) is 34.7 Å². The van der Waals surface area contributed by atoms with E-state index in [1.165, 1.54) is 24.3 Å². The predicted molar refractivity (Wildman–Crippen MR) is 44.1 cm³/mol. The number of hydrogen-bond acceptors (Lipinski definition) is 3. The van der Waals surface area contributed by atoms with Crippen LogP contribution in [0.15, 0.2) is 24.3 Å². The van der Waals surface area contributed by atoms with Crippen LogP contribution in [0.25, 0.3) is 0 Å². The molecule has 0 saturated heterocycles. The number of benzene rings is 1. The Balaban J connectivity index is 3.01. The minimum atomic E-state index is -1.02.